The smallest absolute Gasteiger partial charge is 0.341 e. The van der Waals surface area contributed by atoms with Gasteiger partial charge < -0.3 is 10.1 Å². The van der Waals surface area contributed by atoms with Crippen molar-refractivity contribution in [2.45, 2.75) is 25.7 Å². The van der Waals surface area contributed by atoms with Crippen molar-refractivity contribution in [3.05, 3.63) is 57.5 Å². The van der Waals surface area contributed by atoms with E-state index in [0.717, 1.165) is 41.7 Å². The molecular formula is C20H18N2O3S. The van der Waals surface area contributed by atoms with Crippen molar-refractivity contribution < 1.29 is 14.3 Å². The van der Waals surface area contributed by atoms with Gasteiger partial charge in [0.25, 0.3) is 5.91 Å². The Morgan fingerprint density at radius 2 is 1.96 bits per heavy atom. The second-order valence-corrected chi connectivity index (χ2v) is 7.05. The summed E-state index contributed by atoms with van der Waals surface area (Å²) >= 11 is 1.40. The molecule has 0 bridgehead atoms. The maximum Gasteiger partial charge on any atom is 0.341 e. The highest BCUT2D eigenvalue weighted by Gasteiger charge is 2.27. The molecule has 0 spiro atoms. The van der Waals surface area contributed by atoms with E-state index in [1.54, 1.807) is 0 Å². The third-order valence-corrected chi connectivity index (χ3v) is 5.47. The minimum absolute atomic E-state index is 0.0154. The van der Waals surface area contributed by atoms with Gasteiger partial charge in [-0.15, -0.1) is 11.3 Å². The Labute approximate surface area is 155 Å². The molecule has 0 fully saturated rings. The fourth-order valence-corrected chi connectivity index (χ4v) is 4.28. The summed E-state index contributed by atoms with van der Waals surface area (Å²) in [5.74, 6) is -0.981. The van der Waals surface area contributed by atoms with E-state index in [1.165, 1.54) is 24.5 Å². The molecule has 6 heteroatoms. The van der Waals surface area contributed by atoms with Crippen LogP contribution in [0.2, 0.25) is 0 Å². The minimum atomic E-state index is -0.528. The number of benzene rings is 1. The van der Waals surface area contributed by atoms with Crippen molar-refractivity contribution in [3.8, 4) is 6.07 Å². The zero-order valence-electron chi connectivity index (χ0n) is 14.4. The van der Waals surface area contributed by atoms with E-state index in [2.05, 4.69) is 5.32 Å². The Morgan fingerprint density at radius 1 is 1.23 bits per heavy atom. The fourth-order valence-electron chi connectivity index (χ4n) is 3.01. The number of thiophene rings is 1. The molecule has 1 aromatic carbocycles. The maximum atomic E-state index is 12.6. The predicted octanol–water partition coefficient (Wildman–Crippen LogP) is 3.96. The van der Waals surface area contributed by atoms with Gasteiger partial charge in [-0.05, 0) is 42.9 Å². The highest BCUT2D eigenvalue weighted by molar-refractivity contribution is 7.17. The summed E-state index contributed by atoms with van der Waals surface area (Å²) in [5, 5.41) is 12.6. The van der Waals surface area contributed by atoms with E-state index in [0.29, 0.717) is 10.6 Å². The van der Waals surface area contributed by atoms with E-state index in [9.17, 15) is 14.9 Å². The first kappa shape index (κ1) is 17.9. The average Bonchev–Trinajstić information content (AvgIpc) is 3.04. The van der Waals surface area contributed by atoms with Crippen LogP contribution in [-0.2, 0) is 22.4 Å². The number of amides is 1. The quantitative estimate of drug-likeness (QED) is 0.505. The largest absolute Gasteiger partial charge is 0.465 e. The molecule has 1 aliphatic carbocycles. The number of carbonyl (C=O) groups excluding carboxylic acids is 2. The molecule has 5 nitrogen and oxygen atoms in total. The first-order valence-electron chi connectivity index (χ1n) is 8.35. The van der Waals surface area contributed by atoms with E-state index >= 15 is 0 Å². The lowest BCUT2D eigenvalue weighted by Gasteiger charge is -2.11. The lowest BCUT2D eigenvalue weighted by molar-refractivity contribution is -0.112. The second-order valence-electron chi connectivity index (χ2n) is 5.94. The molecule has 1 amide bonds. The zero-order chi connectivity index (χ0) is 18.5. The summed E-state index contributed by atoms with van der Waals surface area (Å²) in [5.41, 5.74) is 2.14. The van der Waals surface area contributed by atoms with Crippen LogP contribution in [0.4, 0.5) is 5.00 Å². The van der Waals surface area contributed by atoms with Crippen molar-refractivity contribution >= 4 is 34.3 Å². The third kappa shape index (κ3) is 3.68. The molecule has 1 N–H and O–H groups in total. The van der Waals surface area contributed by atoms with Crippen LogP contribution in [-0.4, -0.2) is 19.0 Å². The summed E-state index contributed by atoms with van der Waals surface area (Å²) in [4.78, 5) is 25.9. The van der Waals surface area contributed by atoms with Gasteiger partial charge in [-0.3, -0.25) is 4.79 Å². The number of nitrogens with one attached hydrogen (secondary N) is 1. The summed E-state index contributed by atoms with van der Waals surface area (Å²) < 4.78 is 4.90. The summed E-state index contributed by atoms with van der Waals surface area (Å²) in [6.07, 6.45) is 5.31. The number of nitriles is 1. The Kier molecular flexibility index (Phi) is 5.49. The van der Waals surface area contributed by atoms with Crippen LogP contribution in [0.3, 0.4) is 0 Å². The van der Waals surface area contributed by atoms with Crippen molar-refractivity contribution in [3.63, 3.8) is 0 Å². The number of esters is 1. The fraction of sp³-hybridized carbons (Fsp3) is 0.250. The SMILES string of the molecule is COC(=O)c1c(NC(=O)/C(C#N)=C\c2ccccc2)sc2c1CCCC2. The molecule has 0 aliphatic heterocycles. The van der Waals surface area contributed by atoms with Gasteiger partial charge >= 0.3 is 5.97 Å². The molecule has 0 saturated carbocycles. The molecule has 3 rings (SSSR count). The Bertz CT molecular complexity index is 907. The number of carbonyl (C=O) groups is 2. The van der Waals surface area contributed by atoms with Gasteiger partial charge in [0.05, 0.1) is 12.7 Å². The molecule has 0 atom stereocenters. The number of rotatable bonds is 4. The van der Waals surface area contributed by atoms with Gasteiger partial charge in [-0.2, -0.15) is 5.26 Å². The van der Waals surface area contributed by atoms with Crippen molar-refractivity contribution in [2.75, 3.05) is 12.4 Å². The first-order valence-corrected chi connectivity index (χ1v) is 9.16. The van der Waals surface area contributed by atoms with Crippen molar-refractivity contribution in [1.82, 2.24) is 0 Å². The molecule has 1 aliphatic rings. The van der Waals surface area contributed by atoms with Crippen molar-refractivity contribution in [2.24, 2.45) is 0 Å². The molecule has 0 radical (unpaired) electrons. The van der Waals surface area contributed by atoms with Crippen LogP contribution in [0.5, 0.6) is 0 Å². The Hall–Kier alpha value is -2.91. The molecule has 0 unspecified atom stereocenters. The number of ether oxygens (including phenoxy) is 1. The Balaban J connectivity index is 1.91. The number of aryl methyl sites for hydroxylation is 1. The lowest BCUT2D eigenvalue weighted by Crippen LogP contribution is -2.16. The van der Waals surface area contributed by atoms with Crippen LogP contribution >= 0.6 is 11.3 Å². The zero-order valence-corrected chi connectivity index (χ0v) is 15.2. The normalized spacial score (nSPS) is 13.5. The predicted molar refractivity (Wildman–Crippen MR) is 101 cm³/mol. The van der Waals surface area contributed by atoms with Crippen LogP contribution < -0.4 is 5.32 Å². The topological polar surface area (TPSA) is 79.2 Å². The van der Waals surface area contributed by atoms with Crippen LogP contribution in [0.1, 0.15) is 39.2 Å². The van der Waals surface area contributed by atoms with Crippen molar-refractivity contribution in [1.29, 1.82) is 5.26 Å². The number of nitrogens with zero attached hydrogens (tertiary/aromatic N) is 1. The summed E-state index contributed by atoms with van der Waals surface area (Å²) in [7, 11) is 1.33. The molecule has 0 saturated heterocycles. The maximum absolute atomic E-state index is 12.6. The van der Waals surface area contributed by atoms with E-state index in [-0.39, 0.29) is 5.57 Å². The summed E-state index contributed by atoms with van der Waals surface area (Å²) in [6, 6.07) is 11.1. The lowest BCUT2D eigenvalue weighted by atomic mass is 9.95. The van der Waals surface area contributed by atoms with E-state index in [1.807, 2.05) is 36.4 Å². The molecule has 1 aromatic heterocycles. The van der Waals surface area contributed by atoms with Crippen LogP contribution in [0, 0.1) is 11.3 Å². The van der Waals surface area contributed by atoms with E-state index < -0.39 is 11.9 Å². The van der Waals surface area contributed by atoms with E-state index in [4.69, 9.17) is 4.74 Å². The highest BCUT2D eigenvalue weighted by atomic mass is 32.1. The number of fused-ring (bicyclic) bond motifs is 1. The van der Waals surface area contributed by atoms with Gasteiger partial charge in [-0.1, -0.05) is 30.3 Å². The molecule has 1 heterocycles. The minimum Gasteiger partial charge on any atom is -0.465 e. The monoisotopic (exact) mass is 366 g/mol. The molecule has 26 heavy (non-hydrogen) atoms. The van der Waals surface area contributed by atoms with Gasteiger partial charge in [0.1, 0.15) is 16.6 Å². The van der Waals surface area contributed by atoms with Crippen LogP contribution in [0.25, 0.3) is 6.08 Å². The standard InChI is InChI=1S/C20H18N2O3S/c1-25-20(24)17-15-9-5-6-10-16(15)26-19(17)22-18(23)14(12-21)11-13-7-3-2-4-8-13/h2-4,7-8,11H,5-6,9-10H2,1H3,(H,22,23)/b14-11-. The van der Waals surface area contributed by atoms with Gasteiger partial charge in [0.15, 0.2) is 0 Å². The molecule has 2 aromatic rings. The van der Waals surface area contributed by atoms with Gasteiger partial charge in [0.2, 0.25) is 0 Å². The first-order chi connectivity index (χ1) is 12.6. The Morgan fingerprint density at radius 3 is 2.65 bits per heavy atom. The molecular weight excluding hydrogens is 348 g/mol. The number of methoxy groups -OCH3 is 1. The highest BCUT2D eigenvalue weighted by Crippen LogP contribution is 2.38. The second kappa shape index (κ2) is 7.98. The summed E-state index contributed by atoms with van der Waals surface area (Å²) in [6.45, 7) is 0. The van der Waals surface area contributed by atoms with Gasteiger partial charge in [0, 0.05) is 4.88 Å². The third-order valence-electron chi connectivity index (χ3n) is 4.26. The number of anilines is 1. The number of hydrogen-bond donors (Lipinski definition) is 1. The molecule has 132 valence electrons. The number of hydrogen-bond acceptors (Lipinski definition) is 5. The van der Waals surface area contributed by atoms with Crippen LogP contribution in [0.15, 0.2) is 35.9 Å². The average molecular weight is 366 g/mol. The van der Waals surface area contributed by atoms with Gasteiger partial charge in [-0.25, -0.2) is 4.79 Å².